The minimum atomic E-state index is -1.18. The molecule has 272 valence electrons. The summed E-state index contributed by atoms with van der Waals surface area (Å²) in [6.07, 6.45) is 1.34. The molecule has 12 nitrogen and oxygen atoms in total. The van der Waals surface area contributed by atoms with Gasteiger partial charge in [-0.25, -0.2) is 14.4 Å². The first-order valence-electron chi connectivity index (χ1n) is 16.9. The van der Waals surface area contributed by atoms with Crippen molar-refractivity contribution >= 4 is 40.6 Å². The number of carbonyl (C=O) groups excluding carboxylic acids is 5. The Morgan fingerprint density at radius 3 is 1.78 bits per heavy atom. The van der Waals surface area contributed by atoms with E-state index in [0.29, 0.717) is 25.8 Å². The molecule has 0 spiro atoms. The number of rotatable bonds is 15. The molecule has 2 aromatic carbocycles. The third-order valence-corrected chi connectivity index (χ3v) is 6.88. The SMILES string of the molecule is CC(C)(C)OC(=O)CCC(NC(=O)N[C@@H](CCCCNC(=O)[C@@H](N)Cc1ccc2ccccc2c1)C(=O)OC(C)(C)C)C(=O)OC(C)(C)C. The Morgan fingerprint density at radius 2 is 1.22 bits per heavy atom. The van der Waals surface area contributed by atoms with E-state index in [9.17, 15) is 24.0 Å². The highest BCUT2D eigenvalue weighted by Crippen LogP contribution is 2.17. The lowest BCUT2D eigenvalue weighted by atomic mass is 10.0. The molecular formula is C37H56N4O8. The van der Waals surface area contributed by atoms with Gasteiger partial charge in [0.05, 0.1) is 6.04 Å². The molecule has 2 rings (SSSR count). The van der Waals surface area contributed by atoms with Crippen LogP contribution in [0.1, 0.15) is 100.0 Å². The van der Waals surface area contributed by atoms with E-state index in [2.05, 4.69) is 16.0 Å². The van der Waals surface area contributed by atoms with Crippen molar-refractivity contribution < 1.29 is 38.2 Å². The highest BCUT2D eigenvalue weighted by atomic mass is 16.6. The number of nitrogens with two attached hydrogens (primary N) is 1. The maximum Gasteiger partial charge on any atom is 0.329 e. The van der Waals surface area contributed by atoms with Gasteiger partial charge in [-0.1, -0.05) is 42.5 Å². The lowest BCUT2D eigenvalue weighted by Gasteiger charge is -2.27. The molecule has 0 bridgehead atoms. The van der Waals surface area contributed by atoms with Crippen molar-refractivity contribution in [2.45, 2.75) is 136 Å². The molecule has 3 amide bonds. The lowest BCUT2D eigenvalue weighted by Crippen LogP contribution is -2.53. The zero-order valence-electron chi connectivity index (χ0n) is 30.6. The van der Waals surface area contributed by atoms with Gasteiger partial charge in [0.15, 0.2) is 0 Å². The van der Waals surface area contributed by atoms with Crippen molar-refractivity contribution in [2.75, 3.05) is 6.54 Å². The second kappa shape index (κ2) is 18.0. The van der Waals surface area contributed by atoms with Crippen LogP contribution in [0.3, 0.4) is 0 Å². The highest BCUT2D eigenvalue weighted by molar-refractivity contribution is 5.88. The Hall–Kier alpha value is -4.19. The van der Waals surface area contributed by atoms with Crippen LogP contribution >= 0.6 is 0 Å². The summed E-state index contributed by atoms with van der Waals surface area (Å²) in [5.41, 5.74) is 4.78. The molecule has 0 fully saturated rings. The zero-order valence-corrected chi connectivity index (χ0v) is 30.6. The van der Waals surface area contributed by atoms with E-state index in [1.165, 1.54) is 0 Å². The molecule has 0 aliphatic carbocycles. The van der Waals surface area contributed by atoms with Gasteiger partial charge in [0.1, 0.15) is 28.9 Å². The number of benzene rings is 2. The topological polar surface area (TPSA) is 175 Å². The Bertz CT molecular complexity index is 1440. The molecule has 5 N–H and O–H groups in total. The first-order valence-corrected chi connectivity index (χ1v) is 16.9. The molecule has 0 aliphatic rings. The second-order valence-electron chi connectivity index (χ2n) is 15.2. The van der Waals surface area contributed by atoms with E-state index in [1.807, 2.05) is 42.5 Å². The quantitative estimate of drug-likeness (QED) is 0.116. The van der Waals surface area contributed by atoms with Crippen LogP contribution in [0.15, 0.2) is 42.5 Å². The van der Waals surface area contributed by atoms with Crippen LogP contribution in [0.5, 0.6) is 0 Å². The number of nitrogens with one attached hydrogen (secondary N) is 3. The molecule has 0 aliphatic heterocycles. The first-order chi connectivity index (χ1) is 22.6. The predicted octanol–water partition coefficient (Wildman–Crippen LogP) is 4.84. The van der Waals surface area contributed by atoms with E-state index in [4.69, 9.17) is 19.9 Å². The minimum absolute atomic E-state index is 0.0724. The summed E-state index contributed by atoms with van der Waals surface area (Å²) >= 11 is 0. The normalized spacial score (nSPS) is 13.8. The van der Waals surface area contributed by atoms with Crippen LogP contribution in [0.25, 0.3) is 10.8 Å². The Morgan fingerprint density at radius 1 is 0.694 bits per heavy atom. The average molecular weight is 685 g/mol. The predicted molar refractivity (Wildman–Crippen MR) is 189 cm³/mol. The van der Waals surface area contributed by atoms with E-state index in [-0.39, 0.29) is 25.2 Å². The van der Waals surface area contributed by atoms with Gasteiger partial charge in [0.25, 0.3) is 0 Å². The number of ether oxygens (including phenoxy) is 3. The van der Waals surface area contributed by atoms with E-state index >= 15 is 0 Å². The summed E-state index contributed by atoms with van der Waals surface area (Å²) in [6, 6.07) is 10.2. The van der Waals surface area contributed by atoms with Crippen molar-refractivity contribution in [3.05, 3.63) is 48.0 Å². The van der Waals surface area contributed by atoms with Crippen molar-refractivity contribution in [3.8, 4) is 0 Å². The maximum absolute atomic E-state index is 13.1. The number of urea groups is 1. The van der Waals surface area contributed by atoms with Gasteiger partial charge in [-0.15, -0.1) is 0 Å². The number of amides is 3. The summed E-state index contributed by atoms with van der Waals surface area (Å²) in [5.74, 6) is -2.19. The fourth-order valence-corrected chi connectivity index (χ4v) is 4.79. The van der Waals surface area contributed by atoms with Gasteiger partial charge in [-0.05, 0) is 111 Å². The lowest BCUT2D eigenvalue weighted by molar-refractivity contribution is -0.159. The number of hydrogen-bond donors (Lipinski definition) is 4. The number of esters is 3. The Kier molecular flexibility index (Phi) is 15.0. The molecule has 12 heteroatoms. The van der Waals surface area contributed by atoms with Gasteiger partial charge in [-0.3, -0.25) is 9.59 Å². The summed E-state index contributed by atoms with van der Waals surface area (Å²) < 4.78 is 16.3. The number of unbranched alkanes of at least 4 members (excludes halogenated alkanes) is 1. The fraction of sp³-hybridized carbons (Fsp3) is 0.595. The van der Waals surface area contributed by atoms with Gasteiger partial charge in [0.2, 0.25) is 5.91 Å². The largest absolute Gasteiger partial charge is 0.460 e. The van der Waals surface area contributed by atoms with Crippen LogP contribution in [0.2, 0.25) is 0 Å². The molecule has 0 radical (unpaired) electrons. The standard InChI is InChI=1S/C37H56N4O8/c1-35(2,3)47-30(42)20-19-29(33(45)49-37(7,8)9)41-34(46)40-28(32(44)48-36(4,5)6)16-12-13-21-39-31(43)27(38)23-24-17-18-25-14-10-11-15-26(25)22-24/h10-11,14-15,17-18,22,27-29H,12-13,16,19-21,23,38H2,1-9H3,(H,39,43)(H2,40,41,46)/t27-,28-,29?/m0/s1. The van der Waals surface area contributed by atoms with Crippen LogP contribution < -0.4 is 21.7 Å². The van der Waals surface area contributed by atoms with Crippen molar-refractivity contribution in [3.63, 3.8) is 0 Å². The van der Waals surface area contributed by atoms with Crippen LogP contribution in [-0.4, -0.2) is 71.3 Å². The Labute approximate surface area is 290 Å². The molecule has 2 aromatic rings. The number of carbonyl (C=O) groups is 5. The molecule has 0 saturated carbocycles. The molecule has 0 aromatic heterocycles. The van der Waals surface area contributed by atoms with Gasteiger partial charge < -0.3 is 35.9 Å². The Balaban J connectivity index is 1.97. The maximum atomic E-state index is 13.1. The molecule has 3 atom stereocenters. The van der Waals surface area contributed by atoms with Gasteiger partial charge >= 0.3 is 23.9 Å². The summed E-state index contributed by atoms with van der Waals surface area (Å²) in [7, 11) is 0. The third-order valence-electron chi connectivity index (χ3n) is 6.88. The van der Waals surface area contributed by atoms with Gasteiger partial charge in [-0.2, -0.15) is 0 Å². The van der Waals surface area contributed by atoms with Crippen LogP contribution in [-0.2, 0) is 39.8 Å². The van der Waals surface area contributed by atoms with E-state index in [0.717, 1.165) is 16.3 Å². The van der Waals surface area contributed by atoms with E-state index in [1.54, 1.807) is 62.3 Å². The molecule has 49 heavy (non-hydrogen) atoms. The number of fused-ring (bicyclic) bond motifs is 1. The first kappa shape index (κ1) is 41.0. The van der Waals surface area contributed by atoms with Crippen molar-refractivity contribution in [1.29, 1.82) is 0 Å². The van der Waals surface area contributed by atoms with Gasteiger partial charge in [0, 0.05) is 13.0 Å². The fourth-order valence-electron chi connectivity index (χ4n) is 4.79. The number of hydrogen-bond acceptors (Lipinski definition) is 9. The molecule has 0 saturated heterocycles. The summed E-state index contributed by atoms with van der Waals surface area (Å²) in [6.45, 7) is 15.7. The average Bonchev–Trinajstić information content (AvgIpc) is 2.95. The minimum Gasteiger partial charge on any atom is -0.460 e. The van der Waals surface area contributed by atoms with Crippen molar-refractivity contribution in [1.82, 2.24) is 16.0 Å². The summed E-state index contributed by atoms with van der Waals surface area (Å²) in [5, 5.41) is 10.2. The zero-order chi connectivity index (χ0) is 37.0. The smallest absolute Gasteiger partial charge is 0.329 e. The molecule has 1 unspecified atom stereocenters. The third kappa shape index (κ3) is 16.7. The molecule has 0 heterocycles. The second-order valence-corrected chi connectivity index (χ2v) is 15.2. The summed E-state index contributed by atoms with van der Waals surface area (Å²) in [4.78, 5) is 64.2. The monoisotopic (exact) mass is 684 g/mol. The van der Waals surface area contributed by atoms with Crippen LogP contribution in [0, 0.1) is 0 Å². The van der Waals surface area contributed by atoms with Crippen molar-refractivity contribution in [2.24, 2.45) is 5.73 Å². The molecular weight excluding hydrogens is 628 g/mol. The van der Waals surface area contributed by atoms with Crippen LogP contribution in [0.4, 0.5) is 4.79 Å². The van der Waals surface area contributed by atoms with E-state index < -0.39 is 58.9 Å². The highest BCUT2D eigenvalue weighted by Gasteiger charge is 2.31.